The predicted molar refractivity (Wildman–Crippen MR) is 118 cm³/mol. The molecule has 0 aliphatic rings. The summed E-state index contributed by atoms with van der Waals surface area (Å²) >= 11 is 5.27. The van der Waals surface area contributed by atoms with E-state index in [-0.39, 0.29) is 5.69 Å². The van der Waals surface area contributed by atoms with Crippen LogP contribution in [-0.4, -0.2) is 10.0 Å². The second-order valence-electron chi connectivity index (χ2n) is 6.41. The molecule has 2 N–H and O–H groups in total. The number of hydrogen-bond acceptors (Lipinski definition) is 4. The number of anilines is 1. The SMILES string of the molecule is O=[N+]([O-])c1ccc(NC(=S)NCc2ccc(COCc3ccccc3)cc2)cc1. The van der Waals surface area contributed by atoms with Crippen LogP contribution in [0.25, 0.3) is 0 Å². The summed E-state index contributed by atoms with van der Waals surface area (Å²) in [7, 11) is 0. The van der Waals surface area contributed by atoms with E-state index in [0.717, 1.165) is 16.7 Å². The summed E-state index contributed by atoms with van der Waals surface area (Å²) in [6, 6.07) is 24.3. The molecule has 0 aliphatic carbocycles. The van der Waals surface area contributed by atoms with Crippen molar-refractivity contribution < 1.29 is 9.66 Å². The van der Waals surface area contributed by atoms with Gasteiger partial charge in [-0.25, -0.2) is 0 Å². The topological polar surface area (TPSA) is 76.4 Å². The van der Waals surface area contributed by atoms with Crippen LogP contribution < -0.4 is 10.6 Å². The Balaban J connectivity index is 1.41. The summed E-state index contributed by atoms with van der Waals surface area (Å²) in [5, 5.41) is 17.3. The standard InChI is InChI=1S/C22H21N3O3S/c26-25(27)21-12-10-20(11-13-21)24-22(29)23-14-17-6-8-19(9-7-17)16-28-15-18-4-2-1-3-5-18/h1-13H,14-16H2,(H2,23,24,29). The Bertz CT molecular complexity index is 945. The molecular formula is C22H21N3O3S. The Labute approximate surface area is 174 Å². The van der Waals surface area contributed by atoms with Crippen LogP contribution in [0.2, 0.25) is 0 Å². The van der Waals surface area contributed by atoms with Gasteiger partial charge in [0.15, 0.2) is 5.11 Å². The van der Waals surface area contributed by atoms with Gasteiger partial charge in [-0.3, -0.25) is 10.1 Å². The van der Waals surface area contributed by atoms with Gasteiger partial charge in [-0.05, 0) is 41.0 Å². The molecule has 0 amide bonds. The molecule has 0 saturated carbocycles. The number of hydrogen-bond donors (Lipinski definition) is 2. The van der Waals surface area contributed by atoms with Crippen LogP contribution in [0, 0.1) is 10.1 Å². The first-order valence-electron chi connectivity index (χ1n) is 9.09. The van der Waals surface area contributed by atoms with Gasteiger partial charge in [-0.2, -0.15) is 0 Å². The molecule has 0 bridgehead atoms. The highest BCUT2D eigenvalue weighted by Gasteiger charge is 2.05. The molecule has 3 aromatic rings. The van der Waals surface area contributed by atoms with Gasteiger partial charge in [0.1, 0.15) is 0 Å². The van der Waals surface area contributed by atoms with Crippen molar-refractivity contribution in [2.45, 2.75) is 19.8 Å². The Morgan fingerprint density at radius 3 is 2.07 bits per heavy atom. The smallest absolute Gasteiger partial charge is 0.269 e. The van der Waals surface area contributed by atoms with Crippen LogP contribution in [0.3, 0.4) is 0 Å². The predicted octanol–water partition coefficient (Wildman–Crippen LogP) is 4.80. The van der Waals surface area contributed by atoms with Crippen LogP contribution in [0.15, 0.2) is 78.9 Å². The zero-order chi connectivity index (χ0) is 20.5. The average molecular weight is 407 g/mol. The maximum atomic E-state index is 10.7. The molecule has 0 atom stereocenters. The molecule has 0 unspecified atom stereocenters. The van der Waals surface area contributed by atoms with E-state index in [1.807, 2.05) is 54.6 Å². The van der Waals surface area contributed by atoms with Gasteiger partial charge in [0.25, 0.3) is 5.69 Å². The molecule has 0 spiro atoms. The lowest BCUT2D eigenvalue weighted by molar-refractivity contribution is -0.384. The van der Waals surface area contributed by atoms with Crippen molar-refractivity contribution in [2.24, 2.45) is 0 Å². The molecule has 148 valence electrons. The van der Waals surface area contributed by atoms with E-state index in [1.54, 1.807) is 12.1 Å². The van der Waals surface area contributed by atoms with E-state index in [2.05, 4.69) is 10.6 Å². The van der Waals surface area contributed by atoms with Crippen molar-refractivity contribution in [2.75, 3.05) is 5.32 Å². The first kappa shape index (κ1) is 20.4. The van der Waals surface area contributed by atoms with Gasteiger partial charge >= 0.3 is 0 Å². The molecular weight excluding hydrogens is 386 g/mol. The highest BCUT2D eigenvalue weighted by atomic mass is 32.1. The summed E-state index contributed by atoms with van der Waals surface area (Å²) in [6.07, 6.45) is 0. The fourth-order valence-electron chi connectivity index (χ4n) is 2.64. The minimum Gasteiger partial charge on any atom is -0.372 e. The van der Waals surface area contributed by atoms with Crippen LogP contribution in [0.4, 0.5) is 11.4 Å². The number of nitro groups is 1. The third-order valence-corrected chi connectivity index (χ3v) is 4.44. The fourth-order valence-corrected chi connectivity index (χ4v) is 2.83. The molecule has 7 heteroatoms. The van der Waals surface area contributed by atoms with Crippen molar-refractivity contribution in [3.63, 3.8) is 0 Å². The largest absolute Gasteiger partial charge is 0.372 e. The van der Waals surface area contributed by atoms with Gasteiger partial charge in [0.2, 0.25) is 0 Å². The second-order valence-corrected chi connectivity index (χ2v) is 6.81. The summed E-state index contributed by atoms with van der Waals surface area (Å²) in [4.78, 5) is 10.2. The molecule has 0 fully saturated rings. The molecule has 0 radical (unpaired) electrons. The van der Waals surface area contributed by atoms with Crippen LogP contribution >= 0.6 is 12.2 Å². The number of nitrogens with one attached hydrogen (secondary N) is 2. The molecule has 3 aromatic carbocycles. The highest BCUT2D eigenvalue weighted by Crippen LogP contribution is 2.15. The monoisotopic (exact) mass is 407 g/mol. The first-order chi connectivity index (χ1) is 14.1. The molecule has 0 heterocycles. The lowest BCUT2D eigenvalue weighted by Gasteiger charge is -2.11. The van der Waals surface area contributed by atoms with E-state index < -0.39 is 4.92 Å². The fraction of sp³-hybridized carbons (Fsp3) is 0.136. The van der Waals surface area contributed by atoms with Gasteiger partial charge in [-0.15, -0.1) is 0 Å². The quantitative estimate of drug-likeness (QED) is 0.317. The van der Waals surface area contributed by atoms with E-state index in [0.29, 0.717) is 30.6 Å². The molecule has 6 nitrogen and oxygen atoms in total. The third-order valence-electron chi connectivity index (χ3n) is 4.19. The third kappa shape index (κ3) is 6.67. The molecule has 29 heavy (non-hydrogen) atoms. The lowest BCUT2D eigenvalue weighted by Crippen LogP contribution is -2.27. The molecule has 0 aliphatic heterocycles. The van der Waals surface area contributed by atoms with Crippen molar-refractivity contribution in [1.82, 2.24) is 5.32 Å². The average Bonchev–Trinajstić information content (AvgIpc) is 2.74. The number of nitrogens with zero attached hydrogens (tertiary/aromatic N) is 1. The van der Waals surface area contributed by atoms with Crippen LogP contribution in [-0.2, 0) is 24.5 Å². The minimum absolute atomic E-state index is 0.0438. The van der Waals surface area contributed by atoms with Gasteiger partial charge in [0, 0.05) is 24.4 Å². The highest BCUT2D eigenvalue weighted by molar-refractivity contribution is 7.80. The number of nitro benzene ring substituents is 1. The van der Waals surface area contributed by atoms with Crippen molar-refractivity contribution >= 4 is 28.7 Å². The Hall–Kier alpha value is -3.29. The Kier molecular flexibility index (Phi) is 7.27. The normalized spacial score (nSPS) is 10.3. The summed E-state index contributed by atoms with van der Waals surface area (Å²) in [5.41, 5.74) is 4.09. The Morgan fingerprint density at radius 1 is 0.862 bits per heavy atom. The van der Waals surface area contributed by atoms with E-state index in [1.165, 1.54) is 12.1 Å². The van der Waals surface area contributed by atoms with Crippen molar-refractivity contribution in [3.05, 3.63) is 106 Å². The summed E-state index contributed by atoms with van der Waals surface area (Å²) < 4.78 is 5.74. The summed E-state index contributed by atoms with van der Waals surface area (Å²) in [6.45, 7) is 1.72. The van der Waals surface area contributed by atoms with Crippen molar-refractivity contribution in [3.8, 4) is 0 Å². The summed E-state index contributed by atoms with van der Waals surface area (Å²) in [5.74, 6) is 0. The van der Waals surface area contributed by atoms with E-state index in [9.17, 15) is 10.1 Å². The molecule has 0 saturated heterocycles. The van der Waals surface area contributed by atoms with Crippen LogP contribution in [0.1, 0.15) is 16.7 Å². The number of non-ortho nitro benzene ring substituents is 1. The second kappa shape index (κ2) is 10.3. The van der Waals surface area contributed by atoms with E-state index in [4.69, 9.17) is 17.0 Å². The lowest BCUT2D eigenvalue weighted by atomic mass is 10.1. The Morgan fingerprint density at radius 2 is 1.45 bits per heavy atom. The number of benzene rings is 3. The van der Waals surface area contributed by atoms with Gasteiger partial charge in [-0.1, -0.05) is 54.6 Å². The number of thiocarbonyl (C=S) groups is 1. The van der Waals surface area contributed by atoms with Crippen molar-refractivity contribution in [1.29, 1.82) is 0 Å². The number of rotatable bonds is 8. The zero-order valence-corrected chi connectivity index (χ0v) is 16.5. The van der Waals surface area contributed by atoms with E-state index >= 15 is 0 Å². The number of ether oxygens (including phenoxy) is 1. The van der Waals surface area contributed by atoms with Crippen LogP contribution in [0.5, 0.6) is 0 Å². The first-order valence-corrected chi connectivity index (χ1v) is 9.50. The van der Waals surface area contributed by atoms with Gasteiger partial charge in [0.05, 0.1) is 18.1 Å². The molecule has 3 rings (SSSR count). The minimum atomic E-state index is -0.434. The maximum Gasteiger partial charge on any atom is 0.269 e. The van der Waals surface area contributed by atoms with Gasteiger partial charge < -0.3 is 15.4 Å². The zero-order valence-electron chi connectivity index (χ0n) is 15.7. The maximum absolute atomic E-state index is 10.7. The molecule has 0 aromatic heterocycles.